The van der Waals surface area contributed by atoms with Crippen molar-refractivity contribution in [3.8, 4) is 17.0 Å². The van der Waals surface area contributed by atoms with Crippen molar-refractivity contribution < 1.29 is 9.52 Å². The number of aryl methyl sites for hydroxylation is 1. The predicted octanol–water partition coefficient (Wildman–Crippen LogP) is 2.91. The van der Waals surface area contributed by atoms with Crippen LogP contribution in [0.1, 0.15) is 33.1 Å². The van der Waals surface area contributed by atoms with Crippen molar-refractivity contribution in [2.24, 2.45) is 5.92 Å². The number of hydrogen-bond donors (Lipinski definition) is 2. The van der Waals surface area contributed by atoms with Gasteiger partial charge in [0.25, 0.3) is 0 Å². The molecular weight excluding hydrogens is 356 g/mol. The lowest BCUT2D eigenvalue weighted by atomic mass is 10.1. The van der Waals surface area contributed by atoms with Gasteiger partial charge in [0.1, 0.15) is 17.0 Å². The molecule has 0 radical (unpaired) electrons. The highest BCUT2D eigenvalue weighted by Crippen LogP contribution is 2.32. The van der Waals surface area contributed by atoms with Crippen LogP contribution in [0.3, 0.4) is 0 Å². The molecule has 0 bridgehead atoms. The minimum atomic E-state index is 0.0825. The molecule has 1 atom stereocenters. The second-order valence-corrected chi connectivity index (χ2v) is 8.45. The number of benzene rings is 1. The molecule has 0 amide bonds. The Bertz CT molecular complexity index is 977. The highest BCUT2D eigenvalue weighted by Gasteiger charge is 2.26. The van der Waals surface area contributed by atoms with Crippen LogP contribution in [0.15, 0.2) is 22.7 Å². The van der Waals surface area contributed by atoms with Gasteiger partial charge in [0.15, 0.2) is 11.5 Å². The first-order chi connectivity index (χ1) is 13.3. The Hall–Kier alpha value is -2.74. The molecule has 1 aliphatic heterocycles. The summed E-state index contributed by atoms with van der Waals surface area (Å²) in [5.74, 6) is 1.83. The molecular formula is C20H26N6O2. The maximum Gasteiger partial charge on any atom is 0.245 e. The van der Waals surface area contributed by atoms with Gasteiger partial charge in [-0.25, -0.2) is 9.97 Å². The fourth-order valence-corrected chi connectivity index (χ4v) is 3.45. The summed E-state index contributed by atoms with van der Waals surface area (Å²) in [6.45, 7) is 11.1. The molecule has 3 heterocycles. The van der Waals surface area contributed by atoms with E-state index in [0.717, 1.165) is 26.1 Å². The molecule has 1 aliphatic rings. The molecule has 0 saturated carbocycles. The number of phenolic OH excluding ortho intramolecular Hbond substituents is 1. The van der Waals surface area contributed by atoms with Crippen molar-refractivity contribution in [2.45, 2.75) is 39.7 Å². The summed E-state index contributed by atoms with van der Waals surface area (Å²) in [6, 6.07) is 3.30. The molecule has 28 heavy (non-hydrogen) atoms. The SMILES string of the molecule is Cc1nc2cc(O)c(-c3cnc(N4CCC(CNC(C)(C)C)C4)nn3)cc2o1. The van der Waals surface area contributed by atoms with Crippen LogP contribution in [0.5, 0.6) is 5.75 Å². The average Bonchev–Trinajstić information content (AvgIpc) is 3.24. The van der Waals surface area contributed by atoms with Gasteiger partial charge in [-0.15, -0.1) is 10.2 Å². The second kappa shape index (κ2) is 7.01. The highest BCUT2D eigenvalue weighted by molar-refractivity contribution is 5.83. The molecule has 2 N–H and O–H groups in total. The zero-order valence-electron chi connectivity index (χ0n) is 16.7. The molecule has 1 aromatic carbocycles. The normalized spacial score (nSPS) is 17.6. The molecule has 1 unspecified atom stereocenters. The summed E-state index contributed by atoms with van der Waals surface area (Å²) in [6.07, 6.45) is 2.75. The fourth-order valence-electron chi connectivity index (χ4n) is 3.45. The number of hydrogen-bond acceptors (Lipinski definition) is 8. The van der Waals surface area contributed by atoms with Crippen LogP contribution >= 0.6 is 0 Å². The molecule has 1 saturated heterocycles. The van der Waals surface area contributed by atoms with Crippen molar-refractivity contribution in [1.82, 2.24) is 25.5 Å². The summed E-state index contributed by atoms with van der Waals surface area (Å²) < 4.78 is 5.54. The first kappa shape index (κ1) is 18.6. The predicted molar refractivity (Wildman–Crippen MR) is 107 cm³/mol. The lowest BCUT2D eigenvalue weighted by Gasteiger charge is -2.23. The molecule has 2 aromatic heterocycles. The molecule has 8 nitrogen and oxygen atoms in total. The largest absolute Gasteiger partial charge is 0.507 e. The van der Waals surface area contributed by atoms with Gasteiger partial charge in [-0.1, -0.05) is 0 Å². The first-order valence-electron chi connectivity index (χ1n) is 9.59. The van der Waals surface area contributed by atoms with E-state index in [9.17, 15) is 5.11 Å². The monoisotopic (exact) mass is 382 g/mol. The number of rotatable bonds is 4. The zero-order valence-corrected chi connectivity index (χ0v) is 16.7. The van der Waals surface area contributed by atoms with E-state index < -0.39 is 0 Å². The van der Waals surface area contributed by atoms with E-state index in [1.165, 1.54) is 0 Å². The van der Waals surface area contributed by atoms with Crippen LogP contribution < -0.4 is 10.2 Å². The van der Waals surface area contributed by atoms with Crippen molar-refractivity contribution in [1.29, 1.82) is 0 Å². The Kier molecular flexibility index (Phi) is 4.66. The molecule has 8 heteroatoms. The number of aromatic nitrogens is 4. The third-order valence-electron chi connectivity index (χ3n) is 4.93. The van der Waals surface area contributed by atoms with Gasteiger partial charge in [-0.05, 0) is 39.2 Å². The lowest BCUT2D eigenvalue weighted by Crippen LogP contribution is -2.39. The Morgan fingerprint density at radius 2 is 2.11 bits per heavy atom. The van der Waals surface area contributed by atoms with Gasteiger partial charge in [-0.2, -0.15) is 0 Å². The summed E-state index contributed by atoms with van der Waals surface area (Å²) in [5, 5.41) is 22.5. The first-order valence-corrected chi connectivity index (χ1v) is 9.59. The van der Waals surface area contributed by atoms with E-state index in [1.807, 2.05) is 0 Å². The van der Waals surface area contributed by atoms with Crippen LogP contribution in [0.2, 0.25) is 0 Å². The third-order valence-corrected chi connectivity index (χ3v) is 4.93. The Morgan fingerprint density at radius 1 is 1.29 bits per heavy atom. The molecule has 1 fully saturated rings. The van der Waals surface area contributed by atoms with Gasteiger partial charge in [-0.3, -0.25) is 0 Å². The lowest BCUT2D eigenvalue weighted by molar-refractivity contribution is 0.383. The quantitative estimate of drug-likeness (QED) is 0.710. The van der Waals surface area contributed by atoms with Gasteiger partial charge in [0, 0.05) is 43.7 Å². The van der Waals surface area contributed by atoms with E-state index in [4.69, 9.17) is 4.42 Å². The maximum atomic E-state index is 10.3. The number of fused-ring (bicyclic) bond motifs is 1. The van der Waals surface area contributed by atoms with Gasteiger partial charge >= 0.3 is 0 Å². The smallest absolute Gasteiger partial charge is 0.245 e. The second-order valence-electron chi connectivity index (χ2n) is 8.45. The fraction of sp³-hybridized carbons (Fsp3) is 0.500. The minimum Gasteiger partial charge on any atom is -0.507 e. The summed E-state index contributed by atoms with van der Waals surface area (Å²) in [5.41, 5.74) is 2.37. The Labute approximate surface area is 164 Å². The molecule has 0 aliphatic carbocycles. The number of aromatic hydroxyl groups is 1. The maximum absolute atomic E-state index is 10.3. The third kappa shape index (κ3) is 3.91. The van der Waals surface area contributed by atoms with Crippen molar-refractivity contribution in [3.05, 3.63) is 24.2 Å². The Balaban J connectivity index is 1.48. The number of nitrogens with zero attached hydrogens (tertiary/aromatic N) is 5. The average molecular weight is 382 g/mol. The zero-order chi connectivity index (χ0) is 19.9. The van der Waals surface area contributed by atoms with Crippen LogP contribution in [0.4, 0.5) is 5.95 Å². The van der Waals surface area contributed by atoms with E-state index in [0.29, 0.717) is 40.1 Å². The standard InChI is InChI=1S/C20H26N6O2/c1-12-23-15-8-17(27)14(7-18(15)28-12)16-10-21-19(25-24-16)26-6-5-13(11-26)9-22-20(2,3)4/h7-8,10,13,22,27H,5-6,9,11H2,1-4H3. The van der Waals surface area contributed by atoms with Crippen molar-refractivity contribution >= 4 is 17.0 Å². The van der Waals surface area contributed by atoms with Gasteiger partial charge < -0.3 is 19.7 Å². The number of oxazole rings is 1. The van der Waals surface area contributed by atoms with E-state index in [1.54, 1.807) is 25.3 Å². The van der Waals surface area contributed by atoms with E-state index in [-0.39, 0.29) is 11.3 Å². The van der Waals surface area contributed by atoms with Crippen LogP contribution in [-0.4, -0.2) is 50.4 Å². The molecule has 4 rings (SSSR count). The van der Waals surface area contributed by atoms with Crippen LogP contribution in [0, 0.1) is 12.8 Å². The minimum absolute atomic E-state index is 0.0825. The van der Waals surface area contributed by atoms with Crippen LogP contribution in [0.25, 0.3) is 22.4 Å². The van der Waals surface area contributed by atoms with Gasteiger partial charge in [0.2, 0.25) is 5.95 Å². The number of phenols is 1. The van der Waals surface area contributed by atoms with E-state index in [2.05, 4.69) is 51.2 Å². The summed E-state index contributed by atoms with van der Waals surface area (Å²) >= 11 is 0. The molecule has 3 aromatic rings. The van der Waals surface area contributed by atoms with Crippen LogP contribution in [-0.2, 0) is 0 Å². The summed E-state index contributed by atoms with van der Waals surface area (Å²) in [7, 11) is 0. The van der Waals surface area contributed by atoms with Crippen molar-refractivity contribution in [2.75, 3.05) is 24.5 Å². The molecule has 0 spiro atoms. The number of anilines is 1. The molecule has 148 valence electrons. The van der Waals surface area contributed by atoms with Gasteiger partial charge in [0.05, 0.1) is 6.20 Å². The summed E-state index contributed by atoms with van der Waals surface area (Å²) in [4.78, 5) is 10.9. The van der Waals surface area contributed by atoms with Crippen molar-refractivity contribution in [3.63, 3.8) is 0 Å². The Morgan fingerprint density at radius 3 is 2.82 bits per heavy atom. The van der Waals surface area contributed by atoms with E-state index >= 15 is 0 Å². The highest BCUT2D eigenvalue weighted by atomic mass is 16.3. The topological polar surface area (TPSA) is 100 Å². The number of nitrogens with one attached hydrogen (secondary N) is 1.